The van der Waals surface area contributed by atoms with Crippen LogP contribution in [0.2, 0.25) is 0 Å². The van der Waals surface area contributed by atoms with Crippen LogP contribution in [-0.4, -0.2) is 5.91 Å². The van der Waals surface area contributed by atoms with Crippen LogP contribution in [0.15, 0.2) is 53.1 Å². The zero-order valence-corrected chi connectivity index (χ0v) is 8.85. The monoisotopic (exact) mass is 215 g/mol. The summed E-state index contributed by atoms with van der Waals surface area (Å²) in [4.78, 5) is 11.6. The number of hydrogen-bond donors (Lipinski definition) is 1. The predicted octanol–water partition coefficient (Wildman–Crippen LogP) is 2.85. The maximum absolute atomic E-state index is 11.6. The number of hydrogen-bond acceptors (Lipinski definition) is 2. The van der Waals surface area contributed by atoms with Gasteiger partial charge < -0.3 is 9.73 Å². The van der Waals surface area contributed by atoms with Crippen LogP contribution in [0.4, 0.5) is 5.69 Å². The molecule has 2 rings (SSSR count). The molecule has 0 spiro atoms. The molecule has 0 bridgehead atoms. The number of amides is 1. The van der Waals surface area contributed by atoms with Crippen LogP contribution in [0.1, 0.15) is 12.2 Å². The molecule has 82 valence electrons. The largest absolute Gasteiger partial charge is 0.469 e. The summed E-state index contributed by atoms with van der Waals surface area (Å²) in [6.45, 7) is 0. The smallest absolute Gasteiger partial charge is 0.224 e. The molecule has 0 radical (unpaired) electrons. The van der Waals surface area contributed by atoms with Crippen molar-refractivity contribution in [1.29, 1.82) is 0 Å². The van der Waals surface area contributed by atoms with Gasteiger partial charge in [-0.1, -0.05) is 18.2 Å². The SMILES string of the molecule is O=C(CCc1ccco1)Nc1ccccc1. The Labute approximate surface area is 94.1 Å². The fraction of sp³-hybridized carbons (Fsp3) is 0.154. The summed E-state index contributed by atoms with van der Waals surface area (Å²) in [5.41, 5.74) is 0.826. The Hall–Kier alpha value is -2.03. The number of carbonyl (C=O) groups excluding carboxylic acids is 1. The first-order chi connectivity index (χ1) is 7.84. The lowest BCUT2D eigenvalue weighted by atomic mass is 10.2. The average molecular weight is 215 g/mol. The van der Waals surface area contributed by atoms with Crippen molar-refractivity contribution in [3.63, 3.8) is 0 Å². The highest BCUT2D eigenvalue weighted by atomic mass is 16.3. The molecular weight excluding hydrogens is 202 g/mol. The first kappa shape index (κ1) is 10.5. The molecule has 1 aromatic carbocycles. The maximum Gasteiger partial charge on any atom is 0.224 e. The number of aryl methyl sites for hydroxylation is 1. The lowest BCUT2D eigenvalue weighted by molar-refractivity contribution is -0.116. The second-order valence-corrected chi connectivity index (χ2v) is 3.49. The molecular formula is C13H13NO2. The fourth-order valence-electron chi connectivity index (χ4n) is 1.44. The summed E-state index contributed by atoms with van der Waals surface area (Å²) in [7, 11) is 0. The van der Waals surface area contributed by atoms with Crippen molar-refractivity contribution in [3.05, 3.63) is 54.5 Å². The van der Waals surface area contributed by atoms with Crippen molar-refractivity contribution >= 4 is 11.6 Å². The number of carbonyl (C=O) groups is 1. The molecule has 0 aliphatic heterocycles. The summed E-state index contributed by atoms with van der Waals surface area (Å²) in [6.07, 6.45) is 2.68. The number of rotatable bonds is 4. The minimum Gasteiger partial charge on any atom is -0.469 e. The van der Waals surface area contributed by atoms with Gasteiger partial charge >= 0.3 is 0 Å². The van der Waals surface area contributed by atoms with E-state index in [9.17, 15) is 4.79 Å². The Morgan fingerprint density at radius 1 is 1.12 bits per heavy atom. The quantitative estimate of drug-likeness (QED) is 0.852. The van der Waals surface area contributed by atoms with E-state index in [0.717, 1.165) is 11.4 Å². The fourth-order valence-corrected chi connectivity index (χ4v) is 1.44. The summed E-state index contributed by atoms with van der Waals surface area (Å²) in [6, 6.07) is 13.1. The van der Waals surface area contributed by atoms with E-state index in [4.69, 9.17) is 4.42 Å². The van der Waals surface area contributed by atoms with Gasteiger partial charge in [0.15, 0.2) is 0 Å². The van der Waals surface area contributed by atoms with E-state index < -0.39 is 0 Å². The molecule has 3 heteroatoms. The zero-order valence-electron chi connectivity index (χ0n) is 8.85. The van der Waals surface area contributed by atoms with E-state index in [1.807, 2.05) is 42.5 Å². The molecule has 0 aliphatic rings. The minimum atomic E-state index is 0.00241. The van der Waals surface area contributed by atoms with Crippen molar-refractivity contribution < 1.29 is 9.21 Å². The molecule has 16 heavy (non-hydrogen) atoms. The lowest BCUT2D eigenvalue weighted by Crippen LogP contribution is -2.11. The number of anilines is 1. The van der Waals surface area contributed by atoms with Crippen molar-refractivity contribution in [2.45, 2.75) is 12.8 Å². The van der Waals surface area contributed by atoms with Crippen molar-refractivity contribution in [1.82, 2.24) is 0 Å². The first-order valence-electron chi connectivity index (χ1n) is 5.22. The molecule has 1 N–H and O–H groups in total. The highest BCUT2D eigenvalue weighted by molar-refractivity contribution is 5.90. The highest BCUT2D eigenvalue weighted by Crippen LogP contribution is 2.08. The third-order valence-corrected chi connectivity index (χ3v) is 2.24. The third-order valence-electron chi connectivity index (χ3n) is 2.24. The van der Waals surface area contributed by atoms with Crippen LogP contribution in [-0.2, 0) is 11.2 Å². The van der Waals surface area contributed by atoms with Crippen LogP contribution >= 0.6 is 0 Å². The predicted molar refractivity (Wildman–Crippen MR) is 62.1 cm³/mol. The van der Waals surface area contributed by atoms with Crippen LogP contribution in [0.25, 0.3) is 0 Å². The van der Waals surface area contributed by atoms with Crippen LogP contribution in [0.3, 0.4) is 0 Å². The van der Waals surface area contributed by atoms with Gasteiger partial charge in [-0.2, -0.15) is 0 Å². The van der Waals surface area contributed by atoms with Gasteiger partial charge in [0.25, 0.3) is 0 Å². The number of benzene rings is 1. The van der Waals surface area contributed by atoms with Gasteiger partial charge in [0.1, 0.15) is 5.76 Å². The average Bonchev–Trinajstić information content (AvgIpc) is 2.81. The van der Waals surface area contributed by atoms with Gasteiger partial charge in [-0.15, -0.1) is 0 Å². The van der Waals surface area contributed by atoms with Gasteiger partial charge in [-0.05, 0) is 24.3 Å². The summed E-state index contributed by atoms with van der Waals surface area (Å²) in [5, 5.41) is 2.82. The van der Waals surface area contributed by atoms with E-state index in [1.165, 1.54) is 0 Å². The van der Waals surface area contributed by atoms with E-state index in [1.54, 1.807) is 6.26 Å². The van der Waals surface area contributed by atoms with E-state index in [-0.39, 0.29) is 5.91 Å². The van der Waals surface area contributed by atoms with Crippen molar-refractivity contribution in [3.8, 4) is 0 Å². The minimum absolute atomic E-state index is 0.00241. The maximum atomic E-state index is 11.6. The summed E-state index contributed by atoms with van der Waals surface area (Å²) in [5.74, 6) is 0.839. The summed E-state index contributed by atoms with van der Waals surface area (Å²) < 4.78 is 5.15. The van der Waals surface area contributed by atoms with Gasteiger partial charge in [0.05, 0.1) is 6.26 Å². The van der Waals surface area contributed by atoms with Gasteiger partial charge in [-0.25, -0.2) is 0 Å². The molecule has 0 fully saturated rings. The molecule has 0 aliphatic carbocycles. The molecule has 2 aromatic rings. The number of furan rings is 1. The third kappa shape index (κ3) is 2.98. The number of para-hydroxylation sites is 1. The molecule has 0 saturated heterocycles. The van der Waals surface area contributed by atoms with Crippen LogP contribution in [0.5, 0.6) is 0 Å². The topological polar surface area (TPSA) is 42.2 Å². The molecule has 0 unspecified atom stereocenters. The van der Waals surface area contributed by atoms with Crippen molar-refractivity contribution in [2.24, 2.45) is 0 Å². The Bertz CT molecular complexity index is 434. The molecule has 1 amide bonds. The van der Waals surface area contributed by atoms with Crippen LogP contribution < -0.4 is 5.32 Å². The lowest BCUT2D eigenvalue weighted by Gasteiger charge is -2.03. The normalized spacial score (nSPS) is 10.0. The highest BCUT2D eigenvalue weighted by Gasteiger charge is 2.03. The Morgan fingerprint density at radius 2 is 1.94 bits per heavy atom. The summed E-state index contributed by atoms with van der Waals surface area (Å²) >= 11 is 0. The van der Waals surface area contributed by atoms with Gasteiger partial charge in [0.2, 0.25) is 5.91 Å². The first-order valence-corrected chi connectivity index (χ1v) is 5.22. The Morgan fingerprint density at radius 3 is 2.62 bits per heavy atom. The molecule has 0 atom stereocenters. The van der Waals surface area contributed by atoms with E-state index in [0.29, 0.717) is 12.8 Å². The van der Waals surface area contributed by atoms with E-state index in [2.05, 4.69) is 5.32 Å². The molecule has 1 heterocycles. The second kappa shape index (κ2) is 5.16. The van der Waals surface area contributed by atoms with Crippen molar-refractivity contribution in [2.75, 3.05) is 5.32 Å². The van der Waals surface area contributed by atoms with Gasteiger partial charge in [-0.3, -0.25) is 4.79 Å². The molecule has 0 saturated carbocycles. The molecule has 1 aromatic heterocycles. The van der Waals surface area contributed by atoms with E-state index >= 15 is 0 Å². The standard InChI is InChI=1S/C13H13NO2/c15-13(9-8-12-7-4-10-16-12)14-11-5-2-1-3-6-11/h1-7,10H,8-9H2,(H,14,15). The Balaban J connectivity index is 1.81. The molecule has 3 nitrogen and oxygen atoms in total. The Kier molecular flexibility index (Phi) is 3.38. The van der Waals surface area contributed by atoms with Crippen LogP contribution in [0, 0.1) is 0 Å². The second-order valence-electron chi connectivity index (χ2n) is 3.49. The van der Waals surface area contributed by atoms with Gasteiger partial charge in [0, 0.05) is 18.5 Å². The number of nitrogens with one attached hydrogen (secondary N) is 1. The zero-order chi connectivity index (χ0) is 11.2.